The third-order valence-electron chi connectivity index (χ3n) is 3.80. The molecule has 1 saturated heterocycles. The van der Waals surface area contributed by atoms with Crippen molar-refractivity contribution in [2.24, 2.45) is 5.92 Å². The Balaban J connectivity index is 2.37. The van der Waals surface area contributed by atoms with Crippen LogP contribution in [0.3, 0.4) is 0 Å². The Hall–Kier alpha value is -1.56. The monoisotopic (exact) mass is 338 g/mol. The summed E-state index contributed by atoms with van der Waals surface area (Å²) in [5.74, 6) is 0.106. The molecular weight excluding hydrogens is 315 g/mol. The average molecular weight is 338 g/mol. The number of carbonyl (C=O) groups is 2. The second kappa shape index (κ2) is 7.34. The number of likely N-dealkylation sites (N-methyl/N-ethyl adjacent to an activating group) is 1. The van der Waals surface area contributed by atoms with Gasteiger partial charge in [-0.1, -0.05) is 26.0 Å². The lowest BCUT2D eigenvalue weighted by Gasteiger charge is -2.34. The van der Waals surface area contributed by atoms with E-state index >= 15 is 0 Å². The van der Waals surface area contributed by atoms with E-state index in [9.17, 15) is 14.0 Å². The fourth-order valence-corrected chi connectivity index (χ4v) is 3.98. The molecule has 1 fully saturated rings. The highest BCUT2D eigenvalue weighted by molar-refractivity contribution is 8.00. The minimum Gasteiger partial charge on any atom is -0.347 e. The largest absolute Gasteiger partial charge is 0.347 e. The first kappa shape index (κ1) is 17.8. The number of nitrogens with zero attached hydrogens (tertiary/aromatic N) is 2. The van der Waals surface area contributed by atoms with Gasteiger partial charge >= 0.3 is 0 Å². The van der Waals surface area contributed by atoms with Crippen LogP contribution in [0.2, 0.25) is 0 Å². The van der Waals surface area contributed by atoms with Gasteiger partial charge in [-0.3, -0.25) is 9.59 Å². The summed E-state index contributed by atoms with van der Waals surface area (Å²) in [6, 6.07) is 5.75. The SMILES string of the molecule is CC(C)C[C@H](C(=O)N(C)C)N1C(=O)CS[C@@H]1c1cccc(F)c1. The van der Waals surface area contributed by atoms with Gasteiger partial charge in [-0.05, 0) is 30.0 Å². The first-order chi connectivity index (χ1) is 10.8. The third kappa shape index (κ3) is 4.05. The van der Waals surface area contributed by atoms with Crippen molar-refractivity contribution in [2.75, 3.05) is 19.8 Å². The molecule has 0 spiro atoms. The number of thioether (sulfide) groups is 1. The fraction of sp³-hybridized carbons (Fsp3) is 0.529. The molecule has 0 saturated carbocycles. The predicted molar refractivity (Wildman–Crippen MR) is 90.4 cm³/mol. The van der Waals surface area contributed by atoms with Crippen LogP contribution >= 0.6 is 11.8 Å². The quantitative estimate of drug-likeness (QED) is 0.829. The van der Waals surface area contributed by atoms with Gasteiger partial charge in [0.2, 0.25) is 11.8 Å². The van der Waals surface area contributed by atoms with E-state index in [2.05, 4.69) is 0 Å². The van der Waals surface area contributed by atoms with Crippen LogP contribution in [-0.4, -0.2) is 47.5 Å². The van der Waals surface area contributed by atoms with E-state index in [1.807, 2.05) is 13.8 Å². The molecule has 2 amide bonds. The van der Waals surface area contributed by atoms with Crippen molar-refractivity contribution in [1.29, 1.82) is 0 Å². The second-order valence-corrected chi connectivity index (χ2v) is 7.47. The Morgan fingerprint density at radius 2 is 2.13 bits per heavy atom. The number of carbonyl (C=O) groups excluding carboxylic acids is 2. The van der Waals surface area contributed by atoms with Crippen LogP contribution in [0.4, 0.5) is 4.39 Å². The van der Waals surface area contributed by atoms with E-state index in [-0.39, 0.29) is 28.9 Å². The molecule has 1 aliphatic rings. The Labute approximate surface area is 141 Å². The minimum atomic E-state index is -0.513. The van der Waals surface area contributed by atoms with Gasteiger partial charge in [0.25, 0.3) is 0 Å². The van der Waals surface area contributed by atoms with E-state index in [4.69, 9.17) is 0 Å². The maximum absolute atomic E-state index is 13.6. The van der Waals surface area contributed by atoms with Gasteiger partial charge in [-0.15, -0.1) is 11.8 Å². The summed E-state index contributed by atoms with van der Waals surface area (Å²) in [6.07, 6.45) is 0.592. The van der Waals surface area contributed by atoms with Crippen molar-refractivity contribution in [3.63, 3.8) is 0 Å². The van der Waals surface area contributed by atoms with Crippen LogP contribution in [0, 0.1) is 11.7 Å². The molecule has 0 unspecified atom stereocenters. The molecule has 1 aliphatic heterocycles. The molecule has 1 heterocycles. The zero-order valence-corrected chi connectivity index (χ0v) is 14.8. The van der Waals surface area contributed by atoms with E-state index in [1.54, 1.807) is 31.1 Å². The van der Waals surface area contributed by atoms with Crippen LogP contribution in [0.5, 0.6) is 0 Å². The molecule has 0 radical (unpaired) electrons. The van der Waals surface area contributed by atoms with Crippen LogP contribution in [0.1, 0.15) is 31.2 Å². The Kier molecular flexibility index (Phi) is 5.68. The second-order valence-electron chi connectivity index (χ2n) is 6.40. The smallest absolute Gasteiger partial charge is 0.244 e. The molecule has 0 N–H and O–H groups in total. The predicted octanol–water partition coefficient (Wildman–Crippen LogP) is 2.90. The zero-order chi connectivity index (χ0) is 17.1. The highest BCUT2D eigenvalue weighted by Gasteiger charge is 2.41. The summed E-state index contributed by atoms with van der Waals surface area (Å²) in [7, 11) is 3.39. The standard InChI is InChI=1S/C17H23FN2O2S/c1-11(2)8-14(16(22)19(3)4)20-15(21)10-23-17(20)12-6-5-7-13(18)9-12/h5-7,9,11,14,17H,8,10H2,1-4H3/t14-,17-/m1/s1. The maximum atomic E-state index is 13.6. The molecule has 6 heteroatoms. The lowest BCUT2D eigenvalue weighted by molar-refractivity contribution is -0.143. The molecule has 0 aromatic heterocycles. The summed E-state index contributed by atoms with van der Waals surface area (Å²) in [4.78, 5) is 28.2. The Morgan fingerprint density at radius 1 is 1.43 bits per heavy atom. The third-order valence-corrected chi connectivity index (χ3v) is 5.02. The highest BCUT2D eigenvalue weighted by Crippen LogP contribution is 2.41. The summed E-state index contributed by atoms with van der Waals surface area (Å²) < 4.78 is 13.6. The molecule has 1 aromatic carbocycles. The number of rotatable bonds is 5. The van der Waals surface area contributed by atoms with Gasteiger partial charge in [0.15, 0.2) is 0 Å². The van der Waals surface area contributed by atoms with E-state index in [0.29, 0.717) is 12.2 Å². The van der Waals surface area contributed by atoms with Crippen molar-refractivity contribution in [3.05, 3.63) is 35.6 Å². The van der Waals surface area contributed by atoms with Crippen LogP contribution in [0.25, 0.3) is 0 Å². The first-order valence-corrected chi connectivity index (χ1v) is 8.75. The molecule has 2 rings (SSSR count). The maximum Gasteiger partial charge on any atom is 0.244 e. The highest BCUT2D eigenvalue weighted by atomic mass is 32.2. The van der Waals surface area contributed by atoms with Crippen LogP contribution in [0.15, 0.2) is 24.3 Å². The summed E-state index contributed by atoms with van der Waals surface area (Å²) in [5, 5.41) is -0.314. The molecule has 23 heavy (non-hydrogen) atoms. The zero-order valence-electron chi connectivity index (χ0n) is 14.0. The molecule has 2 atom stereocenters. The van der Waals surface area contributed by atoms with Crippen molar-refractivity contribution >= 4 is 23.6 Å². The molecule has 0 aliphatic carbocycles. The Bertz CT molecular complexity index is 592. The van der Waals surface area contributed by atoms with Gasteiger partial charge in [0.1, 0.15) is 17.2 Å². The molecule has 4 nitrogen and oxygen atoms in total. The lowest BCUT2D eigenvalue weighted by Crippen LogP contribution is -2.48. The minimum absolute atomic E-state index is 0.0647. The van der Waals surface area contributed by atoms with Crippen molar-refractivity contribution < 1.29 is 14.0 Å². The van der Waals surface area contributed by atoms with E-state index in [0.717, 1.165) is 5.56 Å². The topological polar surface area (TPSA) is 40.6 Å². The van der Waals surface area contributed by atoms with Crippen LogP contribution < -0.4 is 0 Å². The number of hydrogen-bond acceptors (Lipinski definition) is 3. The van der Waals surface area contributed by atoms with Gasteiger partial charge in [0.05, 0.1) is 5.75 Å². The van der Waals surface area contributed by atoms with Gasteiger partial charge in [-0.25, -0.2) is 4.39 Å². The molecular formula is C17H23FN2O2S. The van der Waals surface area contributed by atoms with Gasteiger partial charge in [0, 0.05) is 14.1 Å². The van der Waals surface area contributed by atoms with Gasteiger partial charge < -0.3 is 9.80 Å². The van der Waals surface area contributed by atoms with Crippen molar-refractivity contribution in [3.8, 4) is 0 Å². The Morgan fingerprint density at radius 3 is 2.70 bits per heavy atom. The average Bonchev–Trinajstić information content (AvgIpc) is 2.85. The fourth-order valence-electron chi connectivity index (χ4n) is 2.77. The van der Waals surface area contributed by atoms with Gasteiger partial charge in [-0.2, -0.15) is 0 Å². The lowest BCUT2D eigenvalue weighted by atomic mass is 10.00. The van der Waals surface area contributed by atoms with E-state index < -0.39 is 6.04 Å². The summed E-state index contributed by atoms with van der Waals surface area (Å²) in [5.41, 5.74) is 0.723. The number of hydrogen-bond donors (Lipinski definition) is 0. The molecule has 126 valence electrons. The van der Waals surface area contributed by atoms with Crippen LogP contribution in [-0.2, 0) is 9.59 Å². The first-order valence-electron chi connectivity index (χ1n) is 7.70. The van der Waals surface area contributed by atoms with Crippen molar-refractivity contribution in [1.82, 2.24) is 9.80 Å². The number of benzene rings is 1. The number of halogens is 1. The summed E-state index contributed by atoms with van der Waals surface area (Å²) >= 11 is 1.44. The van der Waals surface area contributed by atoms with Crippen molar-refractivity contribution in [2.45, 2.75) is 31.7 Å². The molecule has 1 aromatic rings. The normalized spacial score (nSPS) is 19.3. The van der Waals surface area contributed by atoms with E-state index in [1.165, 1.54) is 28.8 Å². The summed E-state index contributed by atoms with van der Waals surface area (Å²) in [6.45, 7) is 4.06. The molecule has 0 bridgehead atoms. The number of amides is 2.